The van der Waals surface area contributed by atoms with Crippen LogP contribution in [0.3, 0.4) is 0 Å². The average Bonchev–Trinajstić information content (AvgIpc) is 2.62. The minimum atomic E-state index is -0.801. The molecular formula is C12H21BrN4O. The van der Waals surface area contributed by atoms with Crippen molar-refractivity contribution in [2.24, 2.45) is 13.0 Å². The molecule has 5 nitrogen and oxygen atoms in total. The second kappa shape index (κ2) is 5.27. The molecule has 1 fully saturated rings. The van der Waals surface area contributed by atoms with E-state index in [1.54, 1.807) is 4.68 Å². The number of aromatic nitrogens is 3. The normalized spacial score (nSPS) is 20.6. The zero-order valence-electron chi connectivity index (χ0n) is 11.2. The Kier molecular flexibility index (Phi) is 4.08. The summed E-state index contributed by atoms with van der Waals surface area (Å²) in [5, 5.41) is 18.7. The van der Waals surface area contributed by atoms with E-state index in [0.717, 1.165) is 38.2 Å². The largest absolute Gasteiger partial charge is 0.383 e. The molecule has 0 bridgehead atoms. The van der Waals surface area contributed by atoms with Gasteiger partial charge in [0.05, 0.1) is 0 Å². The van der Waals surface area contributed by atoms with Crippen molar-refractivity contribution in [2.75, 3.05) is 19.6 Å². The van der Waals surface area contributed by atoms with Crippen LogP contribution in [0.4, 0.5) is 0 Å². The molecule has 102 valence electrons. The van der Waals surface area contributed by atoms with Crippen molar-refractivity contribution in [3.8, 4) is 0 Å². The highest BCUT2D eigenvalue weighted by Crippen LogP contribution is 2.35. The zero-order chi connectivity index (χ0) is 13.3. The third kappa shape index (κ3) is 2.75. The Labute approximate surface area is 116 Å². The fourth-order valence-electron chi connectivity index (χ4n) is 2.68. The summed E-state index contributed by atoms with van der Waals surface area (Å²) in [5.74, 6) is 0.668. The number of piperidine rings is 1. The predicted octanol–water partition coefficient (Wildman–Crippen LogP) is 1.52. The first-order chi connectivity index (χ1) is 8.42. The lowest BCUT2D eigenvalue weighted by Crippen LogP contribution is -2.44. The molecule has 0 atom stereocenters. The van der Waals surface area contributed by atoms with Gasteiger partial charge in [-0.3, -0.25) is 0 Å². The Morgan fingerprint density at radius 1 is 1.39 bits per heavy atom. The summed E-state index contributed by atoms with van der Waals surface area (Å²) in [4.78, 5) is 2.41. The van der Waals surface area contributed by atoms with Gasteiger partial charge >= 0.3 is 0 Å². The Morgan fingerprint density at radius 2 is 2.00 bits per heavy atom. The molecule has 0 unspecified atom stereocenters. The van der Waals surface area contributed by atoms with Crippen LogP contribution in [-0.4, -0.2) is 44.6 Å². The third-order valence-electron chi connectivity index (χ3n) is 3.53. The van der Waals surface area contributed by atoms with Crippen LogP contribution >= 0.6 is 15.9 Å². The number of rotatable bonds is 3. The smallest absolute Gasteiger partial charge is 0.154 e. The van der Waals surface area contributed by atoms with Gasteiger partial charge in [-0.15, -0.1) is 5.10 Å². The summed E-state index contributed by atoms with van der Waals surface area (Å²) in [5.41, 5.74) is -0.00316. The molecule has 2 heterocycles. The summed E-state index contributed by atoms with van der Waals surface area (Å²) < 4.78 is 2.33. The summed E-state index contributed by atoms with van der Waals surface area (Å²) in [6.07, 6.45) is 1.47. The van der Waals surface area contributed by atoms with Crippen molar-refractivity contribution >= 4 is 15.9 Å². The van der Waals surface area contributed by atoms with Crippen molar-refractivity contribution < 1.29 is 5.11 Å². The van der Waals surface area contributed by atoms with E-state index in [1.165, 1.54) is 0 Å². The van der Waals surface area contributed by atoms with Crippen molar-refractivity contribution in [1.82, 2.24) is 19.9 Å². The van der Waals surface area contributed by atoms with Gasteiger partial charge in [-0.2, -0.15) is 0 Å². The van der Waals surface area contributed by atoms with Gasteiger partial charge in [0.2, 0.25) is 0 Å². The van der Waals surface area contributed by atoms with Gasteiger partial charge in [-0.1, -0.05) is 19.1 Å². The fourth-order valence-corrected chi connectivity index (χ4v) is 3.38. The number of likely N-dealkylation sites (tertiary alicyclic amines) is 1. The van der Waals surface area contributed by atoms with Crippen molar-refractivity contribution in [2.45, 2.75) is 32.3 Å². The van der Waals surface area contributed by atoms with E-state index in [-0.39, 0.29) is 0 Å². The van der Waals surface area contributed by atoms with Crippen LogP contribution in [0.2, 0.25) is 0 Å². The van der Waals surface area contributed by atoms with Gasteiger partial charge in [0.1, 0.15) is 11.3 Å². The molecule has 1 aliphatic rings. The van der Waals surface area contributed by atoms with E-state index in [0.29, 0.717) is 10.5 Å². The maximum absolute atomic E-state index is 10.8. The Hall–Kier alpha value is -0.460. The molecule has 1 saturated heterocycles. The van der Waals surface area contributed by atoms with E-state index >= 15 is 0 Å². The van der Waals surface area contributed by atoms with Crippen LogP contribution in [-0.2, 0) is 12.6 Å². The zero-order valence-corrected chi connectivity index (χ0v) is 12.8. The maximum atomic E-state index is 10.8. The van der Waals surface area contributed by atoms with E-state index in [4.69, 9.17) is 0 Å². The predicted molar refractivity (Wildman–Crippen MR) is 73.1 cm³/mol. The molecule has 1 aromatic rings. The molecule has 0 aromatic carbocycles. The number of aryl methyl sites for hydroxylation is 1. The Balaban J connectivity index is 2.08. The van der Waals surface area contributed by atoms with Crippen molar-refractivity contribution in [1.29, 1.82) is 0 Å². The second-order valence-corrected chi connectivity index (χ2v) is 6.33. The Bertz CT molecular complexity index is 391. The van der Waals surface area contributed by atoms with Crippen LogP contribution in [0, 0.1) is 5.92 Å². The first-order valence-corrected chi connectivity index (χ1v) is 7.22. The van der Waals surface area contributed by atoms with Crippen LogP contribution in [0.5, 0.6) is 0 Å². The number of aliphatic hydroxyl groups is 1. The van der Waals surface area contributed by atoms with E-state index in [1.807, 2.05) is 7.05 Å². The van der Waals surface area contributed by atoms with Crippen molar-refractivity contribution in [3.05, 3.63) is 10.3 Å². The maximum Gasteiger partial charge on any atom is 0.154 e. The first-order valence-electron chi connectivity index (χ1n) is 6.43. The highest BCUT2D eigenvalue weighted by atomic mass is 79.9. The molecule has 2 rings (SSSR count). The topological polar surface area (TPSA) is 54.2 Å². The van der Waals surface area contributed by atoms with Gasteiger partial charge < -0.3 is 10.0 Å². The number of nitrogens with zero attached hydrogens (tertiary/aromatic N) is 4. The quantitative estimate of drug-likeness (QED) is 0.918. The van der Waals surface area contributed by atoms with Crippen molar-refractivity contribution in [3.63, 3.8) is 0 Å². The van der Waals surface area contributed by atoms with Crippen LogP contribution in [0.25, 0.3) is 0 Å². The third-order valence-corrected chi connectivity index (χ3v) is 4.07. The van der Waals surface area contributed by atoms with Gasteiger partial charge in [0.25, 0.3) is 0 Å². The standard InChI is InChI=1S/C12H21BrN4O/c1-9(2)8-17-6-4-12(18,5-7-17)10-11(13)14-15-16(10)3/h9,18H,4-8H2,1-3H3. The molecule has 18 heavy (non-hydrogen) atoms. The molecule has 1 N–H and O–H groups in total. The minimum absolute atomic E-state index is 0.657. The van der Waals surface area contributed by atoms with E-state index < -0.39 is 5.60 Å². The van der Waals surface area contributed by atoms with Crippen LogP contribution in [0.15, 0.2) is 4.60 Å². The number of halogens is 1. The molecule has 1 aromatic heterocycles. The average molecular weight is 317 g/mol. The molecule has 0 amide bonds. The SMILES string of the molecule is CC(C)CN1CCC(O)(c2c(Br)nnn2C)CC1. The monoisotopic (exact) mass is 316 g/mol. The lowest BCUT2D eigenvalue weighted by Gasteiger charge is -2.38. The highest BCUT2D eigenvalue weighted by Gasteiger charge is 2.38. The van der Waals surface area contributed by atoms with Gasteiger partial charge in [-0.25, -0.2) is 4.68 Å². The molecule has 0 spiro atoms. The summed E-state index contributed by atoms with van der Waals surface area (Å²) >= 11 is 3.38. The molecule has 0 saturated carbocycles. The highest BCUT2D eigenvalue weighted by molar-refractivity contribution is 9.10. The van der Waals surface area contributed by atoms with E-state index in [2.05, 4.69) is 45.0 Å². The van der Waals surface area contributed by atoms with Gasteiger partial charge in [0, 0.05) is 26.7 Å². The summed E-state index contributed by atoms with van der Waals surface area (Å²) in [6.45, 7) is 7.39. The summed E-state index contributed by atoms with van der Waals surface area (Å²) in [6, 6.07) is 0. The molecule has 1 aliphatic heterocycles. The summed E-state index contributed by atoms with van der Waals surface area (Å²) in [7, 11) is 1.82. The Morgan fingerprint density at radius 3 is 2.44 bits per heavy atom. The first kappa shape index (κ1) is 14.0. The molecule has 6 heteroatoms. The van der Waals surface area contributed by atoms with Crippen LogP contribution < -0.4 is 0 Å². The number of hydrogen-bond donors (Lipinski definition) is 1. The number of hydrogen-bond acceptors (Lipinski definition) is 4. The fraction of sp³-hybridized carbons (Fsp3) is 0.833. The lowest BCUT2D eigenvalue weighted by molar-refractivity contribution is -0.0345. The molecule has 0 aliphatic carbocycles. The van der Waals surface area contributed by atoms with Crippen LogP contribution in [0.1, 0.15) is 32.4 Å². The molecule has 0 radical (unpaired) electrons. The minimum Gasteiger partial charge on any atom is -0.383 e. The molecular weight excluding hydrogens is 296 g/mol. The van der Waals surface area contributed by atoms with Gasteiger partial charge in [0.15, 0.2) is 4.60 Å². The van der Waals surface area contributed by atoms with Gasteiger partial charge in [-0.05, 0) is 34.7 Å². The van der Waals surface area contributed by atoms with E-state index in [9.17, 15) is 5.11 Å². The lowest BCUT2D eigenvalue weighted by atomic mass is 9.88. The second-order valence-electron chi connectivity index (χ2n) is 5.58.